The van der Waals surface area contributed by atoms with Gasteiger partial charge in [-0.3, -0.25) is 4.90 Å². The average Bonchev–Trinajstić information content (AvgIpc) is 3.18. The van der Waals surface area contributed by atoms with Gasteiger partial charge in [-0.15, -0.1) is 0 Å². The summed E-state index contributed by atoms with van der Waals surface area (Å²) in [6, 6.07) is 10.6. The molecule has 3 aromatic rings. The highest BCUT2D eigenvalue weighted by Gasteiger charge is 2.14. The number of hydrogen-bond donors (Lipinski definition) is 0. The zero-order valence-corrected chi connectivity index (χ0v) is 13.0. The molecular formula is C16H19N5O. The van der Waals surface area contributed by atoms with E-state index in [1.54, 1.807) is 11.0 Å². The van der Waals surface area contributed by atoms with Gasteiger partial charge >= 0.3 is 0 Å². The molecule has 0 aliphatic carbocycles. The molecule has 0 amide bonds. The molecule has 6 nitrogen and oxygen atoms in total. The highest BCUT2D eigenvalue weighted by molar-refractivity contribution is 5.34. The molecule has 0 N–H and O–H groups in total. The maximum atomic E-state index is 5.28. The number of nitrogens with zero attached hydrogens (tertiary/aromatic N) is 5. The fourth-order valence-corrected chi connectivity index (χ4v) is 2.38. The predicted molar refractivity (Wildman–Crippen MR) is 82.5 cm³/mol. The van der Waals surface area contributed by atoms with Gasteiger partial charge in [0.15, 0.2) is 5.76 Å². The summed E-state index contributed by atoms with van der Waals surface area (Å²) in [4.78, 5) is 6.19. The minimum Gasteiger partial charge on any atom is -0.360 e. The molecule has 0 spiro atoms. The molecule has 22 heavy (non-hydrogen) atoms. The van der Waals surface area contributed by atoms with E-state index >= 15 is 0 Å². The molecule has 0 aliphatic rings. The average molecular weight is 297 g/mol. The van der Waals surface area contributed by atoms with Crippen LogP contribution in [0.2, 0.25) is 0 Å². The fourth-order valence-electron chi connectivity index (χ4n) is 2.38. The van der Waals surface area contributed by atoms with E-state index in [1.807, 2.05) is 25.1 Å². The number of aromatic nitrogens is 4. The van der Waals surface area contributed by atoms with Gasteiger partial charge in [0.1, 0.15) is 12.7 Å². The molecule has 6 heteroatoms. The van der Waals surface area contributed by atoms with Crippen LogP contribution in [0.5, 0.6) is 0 Å². The highest BCUT2D eigenvalue weighted by Crippen LogP contribution is 2.22. The van der Waals surface area contributed by atoms with E-state index in [1.165, 1.54) is 11.9 Å². The van der Waals surface area contributed by atoms with Crippen molar-refractivity contribution in [1.29, 1.82) is 0 Å². The zero-order chi connectivity index (χ0) is 15.5. The van der Waals surface area contributed by atoms with Gasteiger partial charge in [-0.25, -0.2) is 9.67 Å². The second-order valence-corrected chi connectivity index (χ2v) is 5.46. The Bertz CT molecular complexity index is 717. The fraction of sp³-hybridized carbons (Fsp3) is 0.312. The van der Waals surface area contributed by atoms with Crippen LogP contribution < -0.4 is 0 Å². The third kappa shape index (κ3) is 3.07. The Hall–Kier alpha value is -2.47. The summed E-state index contributed by atoms with van der Waals surface area (Å²) < 4.78 is 7.02. The Morgan fingerprint density at radius 2 is 2.05 bits per heavy atom. The Kier molecular flexibility index (Phi) is 4.02. The first-order valence-corrected chi connectivity index (χ1v) is 7.21. The molecular weight excluding hydrogens is 278 g/mol. The maximum Gasteiger partial charge on any atom is 0.150 e. The summed E-state index contributed by atoms with van der Waals surface area (Å²) in [5.41, 5.74) is 3.15. The maximum absolute atomic E-state index is 5.28. The third-order valence-corrected chi connectivity index (χ3v) is 3.80. The molecule has 0 fully saturated rings. The van der Waals surface area contributed by atoms with Crippen LogP contribution in [0, 0.1) is 6.92 Å². The minimum absolute atomic E-state index is 0.273. The van der Waals surface area contributed by atoms with Crippen LogP contribution in [-0.2, 0) is 6.54 Å². The lowest BCUT2D eigenvalue weighted by Crippen LogP contribution is -2.21. The molecule has 1 aromatic carbocycles. The van der Waals surface area contributed by atoms with Crippen LogP contribution in [0.4, 0.5) is 0 Å². The first-order chi connectivity index (χ1) is 10.6. The van der Waals surface area contributed by atoms with Crippen LogP contribution in [0.25, 0.3) is 5.69 Å². The summed E-state index contributed by atoms with van der Waals surface area (Å²) in [6.45, 7) is 4.83. The molecule has 0 saturated carbocycles. The lowest BCUT2D eigenvalue weighted by molar-refractivity contribution is 0.220. The van der Waals surface area contributed by atoms with Gasteiger partial charge in [0.25, 0.3) is 0 Å². The summed E-state index contributed by atoms with van der Waals surface area (Å²) in [6.07, 6.45) is 3.22. The monoisotopic (exact) mass is 297 g/mol. The molecule has 0 saturated heterocycles. The molecule has 0 bridgehead atoms. The van der Waals surface area contributed by atoms with E-state index in [0.717, 1.165) is 23.7 Å². The van der Waals surface area contributed by atoms with Crippen LogP contribution in [0.3, 0.4) is 0 Å². The normalized spacial score (nSPS) is 12.7. The van der Waals surface area contributed by atoms with Crippen LogP contribution in [0.15, 0.2) is 47.5 Å². The Morgan fingerprint density at radius 1 is 1.27 bits per heavy atom. The van der Waals surface area contributed by atoms with Crippen molar-refractivity contribution in [2.45, 2.75) is 26.4 Å². The Balaban J connectivity index is 1.70. The van der Waals surface area contributed by atoms with Gasteiger partial charge in [0.2, 0.25) is 0 Å². The van der Waals surface area contributed by atoms with Crippen molar-refractivity contribution in [1.82, 2.24) is 24.8 Å². The topological polar surface area (TPSA) is 60.0 Å². The van der Waals surface area contributed by atoms with Gasteiger partial charge in [0.05, 0.1) is 17.9 Å². The highest BCUT2D eigenvalue weighted by atomic mass is 16.5. The standard InChI is InChI=1S/C16H19N5O/c1-12-8-16(22-19-12)9-20(3)13(2)14-4-6-15(7-5-14)21-11-17-10-18-21/h4-8,10-11,13H,9H2,1-3H3. The quantitative estimate of drug-likeness (QED) is 0.724. The minimum atomic E-state index is 0.273. The SMILES string of the molecule is Cc1cc(CN(C)C(C)c2ccc(-n3cncn3)cc2)on1. The molecule has 3 rings (SSSR count). The van der Waals surface area contributed by atoms with E-state index in [9.17, 15) is 0 Å². The number of rotatable bonds is 5. The molecule has 2 heterocycles. The lowest BCUT2D eigenvalue weighted by atomic mass is 10.1. The van der Waals surface area contributed by atoms with E-state index in [2.05, 4.69) is 46.2 Å². The molecule has 1 atom stereocenters. The summed E-state index contributed by atoms with van der Waals surface area (Å²) in [5.74, 6) is 0.881. The van der Waals surface area contributed by atoms with E-state index < -0.39 is 0 Å². The predicted octanol–water partition coefficient (Wildman–Crippen LogP) is 2.76. The van der Waals surface area contributed by atoms with E-state index in [0.29, 0.717) is 0 Å². The van der Waals surface area contributed by atoms with Crippen molar-refractivity contribution >= 4 is 0 Å². The van der Waals surface area contributed by atoms with Crippen molar-refractivity contribution in [3.05, 3.63) is 60.0 Å². The van der Waals surface area contributed by atoms with Gasteiger partial charge in [-0.1, -0.05) is 17.3 Å². The van der Waals surface area contributed by atoms with Crippen molar-refractivity contribution in [3.63, 3.8) is 0 Å². The van der Waals surface area contributed by atoms with Gasteiger partial charge in [-0.2, -0.15) is 5.10 Å². The molecule has 0 radical (unpaired) electrons. The van der Waals surface area contributed by atoms with Crippen LogP contribution >= 0.6 is 0 Å². The molecule has 114 valence electrons. The smallest absolute Gasteiger partial charge is 0.150 e. The van der Waals surface area contributed by atoms with Crippen molar-refractivity contribution in [2.75, 3.05) is 7.05 Å². The van der Waals surface area contributed by atoms with Crippen LogP contribution in [-0.4, -0.2) is 31.9 Å². The second kappa shape index (κ2) is 6.11. The lowest BCUT2D eigenvalue weighted by Gasteiger charge is -2.24. The second-order valence-electron chi connectivity index (χ2n) is 5.46. The number of benzene rings is 1. The van der Waals surface area contributed by atoms with Gasteiger partial charge in [-0.05, 0) is 38.6 Å². The summed E-state index contributed by atoms with van der Waals surface area (Å²) >= 11 is 0. The first-order valence-electron chi connectivity index (χ1n) is 7.21. The summed E-state index contributed by atoms with van der Waals surface area (Å²) in [7, 11) is 2.08. The van der Waals surface area contributed by atoms with Crippen molar-refractivity contribution in [2.24, 2.45) is 0 Å². The Morgan fingerprint density at radius 3 is 2.64 bits per heavy atom. The number of aryl methyl sites for hydroxylation is 1. The molecule has 0 aliphatic heterocycles. The molecule has 2 aromatic heterocycles. The largest absolute Gasteiger partial charge is 0.360 e. The summed E-state index contributed by atoms with van der Waals surface area (Å²) in [5, 5.41) is 8.05. The van der Waals surface area contributed by atoms with E-state index in [-0.39, 0.29) is 6.04 Å². The van der Waals surface area contributed by atoms with Gasteiger partial charge in [0, 0.05) is 12.1 Å². The number of hydrogen-bond acceptors (Lipinski definition) is 5. The van der Waals surface area contributed by atoms with E-state index in [4.69, 9.17) is 4.52 Å². The Labute approximate surface area is 129 Å². The van der Waals surface area contributed by atoms with Crippen molar-refractivity contribution < 1.29 is 4.52 Å². The van der Waals surface area contributed by atoms with Crippen molar-refractivity contribution in [3.8, 4) is 5.69 Å². The zero-order valence-electron chi connectivity index (χ0n) is 13.0. The molecule has 1 unspecified atom stereocenters. The third-order valence-electron chi connectivity index (χ3n) is 3.80. The van der Waals surface area contributed by atoms with Crippen LogP contribution in [0.1, 0.15) is 30.0 Å². The van der Waals surface area contributed by atoms with Gasteiger partial charge < -0.3 is 4.52 Å². The first kappa shape index (κ1) is 14.5.